The molecule has 1 atom stereocenters. The van der Waals surface area contributed by atoms with Gasteiger partial charge in [-0.05, 0) is 99.3 Å². The van der Waals surface area contributed by atoms with Crippen LogP contribution in [0.4, 0.5) is 0 Å². The van der Waals surface area contributed by atoms with Gasteiger partial charge in [0.1, 0.15) is 0 Å². The number of rotatable bonds is 5. The molecular weight excluding hydrogens is 667 g/mol. The first-order valence-electron chi connectivity index (χ1n) is 19.2. The van der Waals surface area contributed by atoms with Crippen LogP contribution in [0.3, 0.4) is 0 Å². The average Bonchev–Trinajstić information content (AvgIpc) is 3.69. The molecule has 0 radical (unpaired) electrons. The number of aromatic nitrogens is 2. The predicted octanol–water partition coefficient (Wildman–Crippen LogP) is 13.0. The molecule has 2 aliphatic carbocycles. The number of pyridine rings is 1. The van der Waals surface area contributed by atoms with Crippen LogP contribution in [0.5, 0.6) is 0 Å². The van der Waals surface area contributed by atoms with Crippen LogP contribution in [0.25, 0.3) is 72.5 Å². The fourth-order valence-electron chi connectivity index (χ4n) is 9.39. The minimum absolute atomic E-state index is 0.140. The van der Waals surface area contributed by atoms with E-state index in [0.717, 1.165) is 56.9 Å². The van der Waals surface area contributed by atoms with E-state index in [9.17, 15) is 5.26 Å². The van der Waals surface area contributed by atoms with Crippen molar-refractivity contribution in [3.63, 3.8) is 0 Å². The Labute approximate surface area is 322 Å². The molecule has 8 aromatic rings. The molecule has 0 fully saturated rings. The van der Waals surface area contributed by atoms with Crippen molar-refractivity contribution in [3.05, 3.63) is 192 Å². The van der Waals surface area contributed by atoms with Gasteiger partial charge in [-0.25, -0.2) is 4.98 Å². The fraction of sp³-hybridized carbons (Fsp3) is 0.115. The van der Waals surface area contributed by atoms with Crippen molar-refractivity contribution in [2.75, 3.05) is 0 Å². The van der Waals surface area contributed by atoms with Gasteiger partial charge in [-0.15, -0.1) is 0 Å². The highest BCUT2D eigenvalue weighted by atomic mass is 15.0. The van der Waals surface area contributed by atoms with E-state index in [2.05, 4.69) is 171 Å². The van der Waals surface area contributed by atoms with Crippen molar-refractivity contribution < 1.29 is 0 Å². The van der Waals surface area contributed by atoms with E-state index in [1.165, 1.54) is 44.4 Å². The Morgan fingerprint density at radius 2 is 1.24 bits per heavy atom. The molecule has 6 aromatic carbocycles. The topological polar surface area (TPSA) is 41.6 Å². The third kappa shape index (κ3) is 5.21. The summed E-state index contributed by atoms with van der Waals surface area (Å²) in [5, 5.41) is 11.6. The zero-order valence-electron chi connectivity index (χ0n) is 31.2. The molecule has 0 saturated heterocycles. The Balaban J connectivity index is 1.26. The first kappa shape index (κ1) is 32.9. The van der Waals surface area contributed by atoms with E-state index in [1.807, 2.05) is 24.3 Å². The summed E-state index contributed by atoms with van der Waals surface area (Å²) < 4.78 is 2.51. The zero-order chi connectivity index (χ0) is 37.3. The van der Waals surface area contributed by atoms with Gasteiger partial charge >= 0.3 is 0 Å². The largest absolute Gasteiger partial charge is 0.313 e. The maximum Gasteiger partial charge on any atom is 0.0998 e. The van der Waals surface area contributed by atoms with Crippen LogP contribution < -0.4 is 0 Å². The Kier molecular flexibility index (Phi) is 7.58. The summed E-state index contributed by atoms with van der Waals surface area (Å²) in [5.41, 5.74) is 19.2. The normalized spacial score (nSPS) is 15.3. The summed E-state index contributed by atoms with van der Waals surface area (Å²) in [6.45, 7) is 7.19. The summed E-state index contributed by atoms with van der Waals surface area (Å²) in [5.74, 6) is 0.341. The minimum Gasteiger partial charge on any atom is -0.313 e. The lowest BCUT2D eigenvalue weighted by Crippen LogP contribution is -2.21. The molecule has 0 saturated carbocycles. The number of para-hydroxylation sites is 1. The number of hydrogen-bond donors (Lipinski definition) is 0. The first-order chi connectivity index (χ1) is 26.9. The van der Waals surface area contributed by atoms with Gasteiger partial charge in [0.05, 0.1) is 28.5 Å². The van der Waals surface area contributed by atoms with Crippen LogP contribution in [-0.4, -0.2) is 9.55 Å². The molecule has 10 rings (SSSR count). The zero-order valence-corrected chi connectivity index (χ0v) is 31.2. The molecule has 0 bridgehead atoms. The van der Waals surface area contributed by atoms with E-state index < -0.39 is 0 Å². The van der Waals surface area contributed by atoms with Gasteiger partial charge in [0.15, 0.2) is 0 Å². The highest BCUT2D eigenvalue weighted by Gasteiger charge is 2.44. The van der Waals surface area contributed by atoms with Gasteiger partial charge in [-0.1, -0.05) is 142 Å². The van der Waals surface area contributed by atoms with E-state index in [1.54, 1.807) is 0 Å². The van der Waals surface area contributed by atoms with Crippen molar-refractivity contribution in [2.24, 2.45) is 5.92 Å². The molecule has 1 unspecified atom stereocenters. The van der Waals surface area contributed by atoms with Crippen LogP contribution in [0, 0.1) is 17.2 Å². The molecule has 3 nitrogen and oxygen atoms in total. The lowest BCUT2D eigenvalue weighted by Gasteiger charge is -2.30. The van der Waals surface area contributed by atoms with Crippen LogP contribution in [0.1, 0.15) is 48.7 Å². The Morgan fingerprint density at radius 3 is 2.00 bits per heavy atom. The molecule has 55 heavy (non-hydrogen) atoms. The molecule has 2 aromatic heterocycles. The highest BCUT2D eigenvalue weighted by Crippen LogP contribution is 2.58. The Morgan fingerprint density at radius 1 is 0.618 bits per heavy atom. The van der Waals surface area contributed by atoms with Crippen molar-refractivity contribution in [1.29, 1.82) is 5.26 Å². The molecule has 0 spiro atoms. The molecule has 2 heterocycles. The summed E-state index contributed by atoms with van der Waals surface area (Å²) >= 11 is 0. The van der Waals surface area contributed by atoms with E-state index in [-0.39, 0.29) is 5.41 Å². The lowest BCUT2D eigenvalue weighted by molar-refractivity contribution is 0.677. The summed E-state index contributed by atoms with van der Waals surface area (Å²) in [7, 11) is 0. The maximum absolute atomic E-state index is 10.3. The monoisotopic (exact) mass is 705 g/mol. The van der Waals surface area contributed by atoms with E-state index >= 15 is 0 Å². The second-order valence-electron chi connectivity index (χ2n) is 15.5. The maximum atomic E-state index is 10.3. The van der Waals surface area contributed by atoms with Gasteiger partial charge in [-0.2, -0.15) is 5.26 Å². The third-order valence-electron chi connectivity index (χ3n) is 11.8. The van der Waals surface area contributed by atoms with E-state index in [0.29, 0.717) is 11.5 Å². The average molecular weight is 706 g/mol. The molecule has 0 aliphatic heterocycles. The van der Waals surface area contributed by atoms with Crippen LogP contribution in [0.2, 0.25) is 0 Å². The predicted molar refractivity (Wildman–Crippen MR) is 227 cm³/mol. The highest BCUT2D eigenvalue weighted by molar-refractivity contribution is 6.10. The van der Waals surface area contributed by atoms with Crippen molar-refractivity contribution in [1.82, 2.24) is 9.55 Å². The van der Waals surface area contributed by atoms with Gasteiger partial charge in [0.2, 0.25) is 0 Å². The number of allylic oxidation sites excluding steroid dienone is 2. The number of fused-ring (bicyclic) bond motifs is 6. The molecular formula is C52H39N3. The quantitative estimate of drug-likeness (QED) is 0.179. The van der Waals surface area contributed by atoms with Crippen LogP contribution in [0.15, 0.2) is 164 Å². The Bertz CT molecular complexity index is 2830. The lowest BCUT2D eigenvalue weighted by atomic mass is 9.73. The van der Waals surface area contributed by atoms with Crippen molar-refractivity contribution >= 4 is 22.0 Å². The fourth-order valence-corrected chi connectivity index (χ4v) is 9.39. The third-order valence-corrected chi connectivity index (χ3v) is 11.8. The van der Waals surface area contributed by atoms with Gasteiger partial charge in [-0.3, -0.25) is 0 Å². The molecule has 2 aliphatic rings. The van der Waals surface area contributed by atoms with Crippen LogP contribution >= 0.6 is 0 Å². The van der Waals surface area contributed by atoms with Gasteiger partial charge in [0, 0.05) is 38.9 Å². The summed E-state index contributed by atoms with van der Waals surface area (Å²) in [4.78, 5) is 5.36. The molecule has 262 valence electrons. The summed E-state index contributed by atoms with van der Waals surface area (Å²) in [6.07, 6.45) is 0.918. The second kappa shape index (κ2) is 12.7. The van der Waals surface area contributed by atoms with Crippen molar-refractivity contribution in [3.8, 4) is 56.5 Å². The minimum atomic E-state index is -0.140. The Hall–Kier alpha value is -6.76. The second-order valence-corrected chi connectivity index (χ2v) is 15.5. The van der Waals surface area contributed by atoms with Crippen molar-refractivity contribution in [2.45, 2.75) is 32.6 Å². The molecule has 3 heteroatoms. The number of hydrogen-bond acceptors (Lipinski definition) is 2. The first-order valence-corrected chi connectivity index (χ1v) is 19.2. The van der Waals surface area contributed by atoms with Crippen LogP contribution in [-0.2, 0) is 11.8 Å². The SMILES string of the molecule is CC1Cc2c(c3ccccc3n2-c2cc(-c3cc(-c4ccccc4)cc(-c4ccccc4)n3)cc(-c3ccccc3C#N)c2)C2=C1c1ccccc1C2(C)C. The van der Waals surface area contributed by atoms with Gasteiger partial charge in [0.25, 0.3) is 0 Å². The smallest absolute Gasteiger partial charge is 0.0998 e. The summed E-state index contributed by atoms with van der Waals surface area (Å²) in [6, 6.07) is 60.5. The van der Waals surface area contributed by atoms with E-state index in [4.69, 9.17) is 4.98 Å². The number of nitrogens with zero attached hydrogens (tertiary/aromatic N) is 3. The standard InChI is InChI=1S/C52H39N3/c1-33-26-48-50(51-49(33)42-22-12-14-24-44(42)52(51,2)3)43-23-13-15-25-47(43)55(48)40-28-38(41-21-11-10-20-36(41)32-53)27-39(29-40)46-31-37(34-16-6-4-7-17-34)30-45(54-46)35-18-8-5-9-19-35/h4-25,27-31,33H,26H2,1-3H3. The number of nitriles is 1. The molecule has 0 amide bonds. The van der Waals surface area contributed by atoms with Gasteiger partial charge < -0.3 is 4.57 Å². The number of benzene rings is 6. The molecule has 0 N–H and O–H groups in total.